The highest BCUT2D eigenvalue weighted by Gasteiger charge is 2.13. The zero-order valence-corrected chi connectivity index (χ0v) is 12.6. The van der Waals surface area contributed by atoms with Crippen LogP contribution in [0.15, 0.2) is 6.20 Å². The highest BCUT2D eigenvalue weighted by atomic mass is 16.3. The quantitative estimate of drug-likeness (QED) is 0.473. The van der Waals surface area contributed by atoms with E-state index in [-0.39, 0.29) is 6.61 Å². The molecule has 2 heterocycles. The fourth-order valence-corrected chi connectivity index (χ4v) is 2.24. The van der Waals surface area contributed by atoms with Crippen LogP contribution in [0.2, 0.25) is 0 Å². The molecular weight excluding hydrogens is 270 g/mol. The van der Waals surface area contributed by atoms with Crippen molar-refractivity contribution in [2.75, 3.05) is 25.1 Å². The molecule has 0 atom stereocenters. The van der Waals surface area contributed by atoms with Gasteiger partial charge in [0, 0.05) is 13.6 Å². The molecule has 0 unspecified atom stereocenters. The summed E-state index contributed by atoms with van der Waals surface area (Å²) in [6.07, 6.45) is 3.88. The second-order valence-corrected chi connectivity index (χ2v) is 4.99. The molecule has 0 aliphatic carbocycles. The van der Waals surface area contributed by atoms with Crippen molar-refractivity contribution >= 4 is 16.9 Å². The number of unbranched alkanes of at least 4 members (excludes halogenated alkanes) is 1. The number of nitrogens with two attached hydrogens (primary N) is 1. The molecule has 2 aromatic heterocycles. The van der Waals surface area contributed by atoms with E-state index in [1.165, 1.54) is 0 Å². The van der Waals surface area contributed by atoms with Gasteiger partial charge in [-0.1, -0.05) is 13.3 Å². The van der Waals surface area contributed by atoms with Crippen molar-refractivity contribution < 1.29 is 5.11 Å². The molecule has 0 bridgehead atoms. The van der Waals surface area contributed by atoms with Crippen LogP contribution in [-0.2, 0) is 13.6 Å². The molecule has 21 heavy (non-hydrogen) atoms. The van der Waals surface area contributed by atoms with Gasteiger partial charge in [-0.05, 0) is 13.0 Å². The van der Waals surface area contributed by atoms with E-state index in [1.54, 1.807) is 10.9 Å². The number of nitrogen functional groups attached to an aromatic ring is 1. The number of rotatable bonds is 8. The zero-order valence-electron chi connectivity index (χ0n) is 12.6. The molecule has 2 aromatic rings. The van der Waals surface area contributed by atoms with Gasteiger partial charge < -0.3 is 10.5 Å². The van der Waals surface area contributed by atoms with Gasteiger partial charge in [-0.15, -0.1) is 0 Å². The van der Waals surface area contributed by atoms with Gasteiger partial charge in [0.2, 0.25) is 0 Å². The number of nitrogens with zero attached hydrogens (tertiary/aromatic N) is 5. The Bertz CT molecular complexity index is 583. The summed E-state index contributed by atoms with van der Waals surface area (Å²) in [5, 5.41) is 14.1. The van der Waals surface area contributed by atoms with E-state index in [4.69, 9.17) is 10.9 Å². The van der Waals surface area contributed by atoms with Crippen LogP contribution in [0.3, 0.4) is 0 Å². The number of aromatic nitrogens is 4. The van der Waals surface area contributed by atoms with Gasteiger partial charge in [0.25, 0.3) is 0 Å². The maximum Gasteiger partial charge on any atom is 0.163 e. The molecule has 0 radical (unpaired) electrons. The minimum absolute atomic E-state index is 0.125. The standard InChI is InChI=1S/C13H23N7O/c1-3-4-5-20(6-7-21)9-11-16-12(18-14)10-8-15-19(2)13(10)17-11/h8,21H,3-7,9,14H2,1-2H3,(H,16,17,18). The van der Waals surface area contributed by atoms with Crippen molar-refractivity contribution in [3.05, 3.63) is 12.0 Å². The van der Waals surface area contributed by atoms with Crippen molar-refractivity contribution in [2.45, 2.75) is 26.3 Å². The Balaban J connectivity index is 2.25. The van der Waals surface area contributed by atoms with E-state index >= 15 is 0 Å². The van der Waals surface area contributed by atoms with Crippen LogP contribution in [0, 0.1) is 0 Å². The number of aliphatic hydroxyl groups is 1. The fourth-order valence-electron chi connectivity index (χ4n) is 2.24. The predicted molar refractivity (Wildman–Crippen MR) is 81.4 cm³/mol. The number of hydrazine groups is 1. The molecule has 0 aromatic carbocycles. The molecule has 0 saturated carbocycles. The van der Waals surface area contributed by atoms with Gasteiger partial charge in [-0.3, -0.25) is 9.58 Å². The van der Waals surface area contributed by atoms with Crippen LogP contribution in [0.1, 0.15) is 25.6 Å². The molecule has 8 heteroatoms. The van der Waals surface area contributed by atoms with E-state index in [2.05, 4.69) is 32.3 Å². The normalized spacial score (nSPS) is 11.5. The van der Waals surface area contributed by atoms with Crippen molar-refractivity contribution in [1.29, 1.82) is 0 Å². The predicted octanol–water partition coefficient (Wildman–Crippen LogP) is 0.243. The summed E-state index contributed by atoms with van der Waals surface area (Å²) in [5.41, 5.74) is 3.34. The third-order valence-electron chi connectivity index (χ3n) is 3.38. The Kier molecular flexibility index (Phi) is 5.43. The van der Waals surface area contributed by atoms with E-state index in [0.29, 0.717) is 24.7 Å². The number of aliphatic hydroxyl groups excluding tert-OH is 1. The van der Waals surface area contributed by atoms with E-state index in [9.17, 15) is 0 Å². The first-order valence-electron chi connectivity index (χ1n) is 7.18. The van der Waals surface area contributed by atoms with Gasteiger partial charge in [-0.25, -0.2) is 15.8 Å². The lowest BCUT2D eigenvalue weighted by molar-refractivity contribution is 0.185. The summed E-state index contributed by atoms with van der Waals surface area (Å²) in [4.78, 5) is 11.1. The van der Waals surface area contributed by atoms with Gasteiger partial charge >= 0.3 is 0 Å². The van der Waals surface area contributed by atoms with Crippen LogP contribution in [0.5, 0.6) is 0 Å². The van der Waals surface area contributed by atoms with E-state index in [1.807, 2.05) is 7.05 Å². The molecule has 4 N–H and O–H groups in total. The lowest BCUT2D eigenvalue weighted by Gasteiger charge is -2.20. The van der Waals surface area contributed by atoms with Gasteiger partial charge in [0.1, 0.15) is 5.82 Å². The number of fused-ring (bicyclic) bond motifs is 1. The minimum Gasteiger partial charge on any atom is -0.395 e. The van der Waals surface area contributed by atoms with E-state index < -0.39 is 0 Å². The summed E-state index contributed by atoms with van der Waals surface area (Å²) in [6, 6.07) is 0. The fraction of sp³-hybridized carbons (Fsp3) is 0.615. The Hall–Kier alpha value is -1.77. The van der Waals surface area contributed by atoms with Crippen molar-refractivity contribution in [1.82, 2.24) is 24.6 Å². The summed E-state index contributed by atoms with van der Waals surface area (Å²) >= 11 is 0. The lowest BCUT2D eigenvalue weighted by Crippen LogP contribution is -2.28. The summed E-state index contributed by atoms with van der Waals surface area (Å²) in [6.45, 7) is 4.37. The lowest BCUT2D eigenvalue weighted by atomic mass is 10.3. The first-order valence-corrected chi connectivity index (χ1v) is 7.18. The van der Waals surface area contributed by atoms with Crippen molar-refractivity contribution in [3.8, 4) is 0 Å². The average molecular weight is 293 g/mol. The maximum absolute atomic E-state index is 9.17. The molecule has 116 valence electrons. The van der Waals surface area contributed by atoms with Crippen molar-refractivity contribution in [2.24, 2.45) is 12.9 Å². The largest absolute Gasteiger partial charge is 0.395 e. The maximum atomic E-state index is 9.17. The zero-order chi connectivity index (χ0) is 15.2. The average Bonchev–Trinajstić information content (AvgIpc) is 2.86. The summed E-state index contributed by atoms with van der Waals surface area (Å²) < 4.78 is 1.70. The first-order chi connectivity index (χ1) is 10.2. The summed E-state index contributed by atoms with van der Waals surface area (Å²) in [7, 11) is 1.84. The highest BCUT2D eigenvalue weighted by molar-refractivity contribution is 5.86. The number of hydrogen-bond donors (Lipinski definition) is 3. The minimum atomic E-state index is 0.125. The third-order valence-corrected chi connectivity index (χ3v) is 3.38. The van der Waals surface area contributed by atoms with E-state index in [0.717, 1.165) is 30.4 Å². The molecule has 0 aliphatic rings. The van der Waals surface area contributed by atoms with Crippen LogP contribution in [-0.4, -0.2) is 49.5 Å². The molecule has 8 nitrogen and oxygen atoms in total. The molecule has 0 amide bonds. The third kappa shape index (κ3) is 3.66. The Morgan fingerprint density at radius 1 is 1.38 bits per heavy atom. The molecule has 0 spiro atoms. The Morgan fingerprint density at radius 3 is 2.86 bits per heavy atom. The van der Waals surface area contributed by atoms with Crippen LogP contribution >= 0.6 is 0 Å². The monoisotopic (exact) mass is 293 g/mol. The smallest absolute Gasteiger partial charge is 0.163 e. The van der Waals surface area contributed by atoms with Crippen LogP contribution < -0.4 is 11.3 Å². The number of nitrogens with one attached hydrogen (secondary N) is 1. The first kappa shape index (κ1) is 15.6. The molecule has 0 aliphatic heterocycles. The second kappa shape index (κ2) is 7.30. The van der Waals surface area contributed by atoms with Gasteiger partial charge in [-0.2, -0.15) is 5.10 Å². The van der Waals surface area contributed by atoms with Crippen molar-refractivity contribution in [3.63, 3.8) is 0 Å². The van der Waals surface area contributed by atoms with Gasteiger partial charge in [0.15, 0.2) is 11.5 Å². The van der Waals surface area contributed by atoms with Gasteiger partial charge in [0.05, 0.1) is 24.7 Å². The molecule has 0 fully saturated rings. The summed E-state index contributed by atoms with van der Waals surface area (Å²) in [5.74, 6) is 6.77. The topological polar surface area (TPSA) is 105 Å². The number of anilines is 1. The second-order valence-electron chi connectivity index (χ2n) is 4.99. The Labute approximate surface area is 123 Å². The molecule has 2 rings (SSSR count). The number of aryl methyl sites for hydroxylation is 1. The Morgan fingerprint density at radius 2 is 2.19 bits per heavy atom. The highest BCUT2D eigenvalue weighted by Crippen LogP contribution is 2.19. The SMILES string of the molecule is CCCCN(CCO)Cc1nc(NN)c2cnn(C)c2n1. The van der Waals surface area contributed by atoms with Crippen LogP contribution in [0.25, 0.3) is 11.0 Å². The number of hydrogen-bond acceptors (Lipinski definition) is 7. The molecule has 0 saturated heterocycles. The molecular formula is C13H23N7O. The van der Waals surface area contributed by atoms with Crippen LogP contribution in [0.4, 0.5) is 5.82 Å².